The minimum absolute atomic E-state index is 0.0122. The second-order valence-corrected chi connectivity index (χ2v) is 8.70. The summed E-state index contributed by atoms with van der Waals surface area (Å²) in [5.41, 5.74) is -0.0366. The Balaban J connectivity index is 1.75. The highest BCUT2D eigenvalue weighted by Crippen LogP contribution is 2.37. The number of nitriles is 1. The van der Waals surface area contributed by atoms with E-state index in [1.54, 1.807) is 12.1 Å². The fourth-order valence-electron chi connectivity index (χ4n) is 3.34. The number of carbonyl (C=O) groups is 3. The maximum absolute atomic E-state index is 13.0. The largest absolute Gasteiger partial charge is 0.465 e. The van der Waals surface area contributed by atoms with Crippen molar-refractivity contribution in [1.82, 2.24) is 5.32 Å². The standard InChI is InChI=1S/C23H17ClF3N3O4S/c1-34-22(33)13-4-2-12(3-5-13)15-9-19(31)30-21(16(15)10-28)35-11-20(32)29-14-6-7-18(24)17(8-14)23(25,26)27/h2-8,15H,9,11H2,1H3,(H,29,32)(H,30,31)/t15-/m0/s1. The van der Waals surface area contributed by atoms with Crippen molar-refractivity contribution in [3.8, 4) is 6.07 Å². The van der Waals surface area contributed by atoms with E-state index in [1.165, 1.54) is 25.3 Å². The van der Waals surface area contributed by atoms with Crippen LogP contribution in [-0.2, 0) is 20.5 Å². The van der Waals surface area contributed by atoms with Crippen LogP contribution in [0.2, 0.25) is 5.02 Å². The summed E-state index contributed by atoms with van der Waals surface area (Å²) in [6.07, 6.45) is -4.70. The normalized spacial score (nSPS) is 15.8. The lowest BCUT2D eigenvalue weighted by atomic mass is 9.87. The quantitative estimate of drug-likeness (QED) is 0.524. The minimum atomic E-state index is -4.68. The molecular formula is C23H17ClF3N3O4S. The van der Waals surface area contributed by atoms with Crippen molar-refractivity contribution < 1.29 is 32.3 Å². The number of thioether (sulfide) groups is 1. The number of benzene rings is 2. The van der Waals surface area contributed by atoms with Gasteiger partial charge in [0.1, 0.15) is 0 Å². The summed E-state index contributed by atoms with van der Waals surface area (Å²) >= 11 is 6.46. The van der Waals surface area contributed by atoms with Crippen molar-refractivity contribution in [2.75, 3.05) is 18.2 Å². The molecular weight excluding hydrogens is 507 g/mol. The first-order valence-electron chi connectivity index (χ1n) is 9.95. The molecule has 0 aromatic heterocycles. The van der Waals surface area contributed by atoms with Crippen LogP contribution in [0, 0.1) is 11.3 Å². The van der Waals surface area contributed by atoms with Crippen molar-refractivity contribution >= 4 is 46.8 Å². The number of nitrogens with zero attached hydrogens (tertiary/aromatic N) is 1. The van der Waals surface area contributed by atoms with Crippen LogP contribution in [0.25, 0.3) is 0 Å². The number of hydrogen-bond acceptors (Lipinski definition) is 6. The van der Waals surface area contributed by atoms with E-state index in [1.807, 2.05) is 0 Å². The van der Waals surface area contributed by atoms with Gasteiger partial charge in [0.15, 0.2) is 0 Å². The molecule has 3 rings (SSSR count). The van der Waals surface area contributed by atoms with Crippen LogP contribution in [0.3, 0.4) is 0 Å². The number of hydrogen-bond donors (Lipinski definition) is 2. The molecule has 0 fully saturated rings. The smallest absolute Gasteiger partial charge is 0.417 e. The number of allylic oxidation sites excluding steroid dienone is 1. The van der Waals surface area contributed by atoms with Crippen LogP contribution in [0.4, 0.5) is 18.9 Å². The van der Waals surface area contributed by atoms with E-state index in [9.17, 15) is 32.8 Å². The van der Waals surface area contributed by atoms with Gasteiger partial charge in [0.25, 0.3) is 0 Å². The summed E-state index contributed by atoms with van der Waals surface area (Å²) in [5, 5.41) is 14.3. The zero-order valence-electron chi connectivity index (χ0n) is 18.0. The molecule has 2 N–H and O–H groups in total. The number of amides is 2. The SMILES string of the molecule is COC(=O)c1ccc([C@@H]2CC(=O)NC(SCC(=O)Nc3ccc(Cl)c(C(F)(F)F)c3)=C2C#N)cc1. The number of ether oxygens (including phenoxy) is 1. The third-order valence-electron chi connectivity index (χ3n) is 4.99. The van der Waals surface area contributed by atoms with Crippen molar-refractivity contribution in [2.24, 2.45) is 0 Å². The number of carbonyl (C=O) groups excluding carboxylic acids is 3. The second-order valence-electron chi connectivity index (χ2n) is 7.30. The fraction of sp³-hybridized carbons (Fsp3) is 0.217. The molecule has 0 unspecified atom stereocenters. The fourth-order valence-corrected chi connectivity index (χ4v) is 4.44. The molecule has 1 heterocycles. The van der Waals surface area contributed by atoms with Gasteiger partial charge in [-0.1, -0.05) is 35.5 Å². The summed E-state index contributed by atoms with van der Waals surface area (Å²) in [6.45, 7) is 0. The van der Waals surface area contributed by atoms with Gasteiger partial charge < -0.3 is 15.4 Å². The molecule has 0 aliphatic carbocycles. The molecule has 0 bridgehead atoms. The molecule has 0 radical (unpaired) electrons. The molecule has 0 saturated heterocycles. The van der Waals surface area contributed by atoms with Gasteiger partial charge in [0.05, 0.1) is 45.7 Å². The zero-order chi connectivity index (χ0) is 25.8. The van der Waals surface area contributed by atoms with E-state index in [4.69, 9.17) is 11.6 Å². The van der Waals surface area contributed by atoms with Gasteiger partial charge in [0.2, 0.25) is 11.8 Å². The van der Waals surface area contributed by atoms with E-state index in [0.29, 0.717) is 11.1 Å². The van der Waals surface area contributed by atoms with Crippen LogP contribution in [0.1, 0.15) is 33.8 Å². The number of nitrogens with one attached hydrogen (secondary N) is 2. The van der Waals surface area contributed by atoms with E-state index in [0.717, 1.165) is 23.9 Å². The molecule has 2 aromatic rings. The maximum Gasteiger partial charge on any atom is 0.417 e. The van der Waals surface area contributed by atoms with Crippen LogP contribution in [0.5, 0.6) is 0 Å². The Hall–Kier alpha value is -3.49. The highest BCUT2D eigenvalue weighted by atomic mass is 35.5. The highest BCUT2D eigenvalue weighted by molar-refractivity contribution is 8.03. The Morgan fingerprint density at radius 2 is 1.94 bits per heavy atom. The van der Waals surface area contributed by atoms with Gasteiger partial charge in [-0.3, -0.25) is 9.59 Å². The van der Waals surface area contributed by atoms with Gasteiger partial charge in [-0.25, -0.2) is 4.79 Å². The summed E-state index contributed by atoms with van der Waals surface area (Å²) in [6, 6.07) is 11.3. The lowest BCUT2D eigenvalue weighted by Gasteiger charge is -2.25. The summed E-state index contributed by atoms with van der Waals surface area (Å²) in [7, 11) is 1.25. The number of alkyl halides is 3. The number of anilines is 1. The van der Waals surface area contributed by atoms with Crippen LogP contribution in [-0.4, -0.2) is 30.6 Å². The molecule has 2 aromatic carbocycles. The first-order chi connectivity index (χ1) is 16.5. The van der Waals surface area contributed by atoms with Crippen molar-refractivity contribution in [3.63, 3.8) is 0 Å². The lowest BCUT2D eigenvalue weighted by molar-refractivity contribution is -0.137. The van der Waals surface area contributed by atoms with E-state index in [-0.39, 0.29) is 34.4 Å². The Bertz CT molecular complexity index is 1240. The van der Waals surface area contributed by atoms with Gasteiger partial charge in [-0.15, -0.1) is 0 Å². The molecule has 7 nitrogen and oxygen atoms in total. The monoisotopic (exact) mass is 523 g/mol. The number of esters is 1. The summed E-state index contributed by atoms with van der Waals surface area (Å²) in [5.74, 6) is -2.43. The molecule has 0 spiro atoms. The Morgan fingerprint density at radius 3 is 2.54 bits per heavy atom. The minimum Gasteiger partial charge on any atom is -0.465 e. The zero-order valence-corrected chi connectivity index (χ0v) is 19.6. The topological polar surface area (TPSA) is 108 Å². The van der Waals surface area contributed by atoms with Crippen molar-refractivity contribution in [1.29, 1.82) is 5.26 Å². The third kappa shape index (κ3) is 6.35. The molecule has 1 aliphatic heterocycles. The van der Waals surface area contributed by atoms with Crippen LogP contribution in [0.15, 0.2) is 53.1 Å². The predicted octanol–water partition coefficient (Wildman–Crippen LogP) is 4.86. The Labute approximate surface area is 207 Å². The number of rotatable bonds is 6. The Kier molecular flexibility index (Phi) is 8.09. The van der Waals surface area contributed by atoms with Crippen molar-refractivity contribution in [2.45, 2.75) is 18.5 Å². The number of halogens is 4. The number of methoxy groups -OCH3 is 1. The maximum atomic E-state index is 13.0. The van der Waals surface area contributed by atoms with E-state index in [2.05, 4.69) is 21.4 Å². The molecule has 182 valence electrons. The molecule has 1 atom stereocenters. The van der Waals surface area contributed by atoms with Gasteiger partial charge in [-0.05, 0) is 35.9 Å². The van der Waals surface area contributed by atoms with E-state index >= 15 is 0 Å². The molecule has 0 saturated carbocycles. The summed E-state index contributed by atoms with van der Waals surface area (Å²) < 4.78 is 43.7. The van der Waals surface area contributed by atoms with Crippen LogP contribution < -0.4 is 10.6 Å². The lowest BCUT2D eigenvalue weighted by Crippen LogP contribution is -2.31. The van der Waals surface area contributed by atoms with E-state index < -0.39 is 34.6 Å². The first kappa shape index (κ1) is 26.1. The second kappa shape index (κ2) is 10.8. The van der Waals surface area contributed by atoms with Crippen LogP contribution >= 0.6 is 23.4 Å². The average molecular weight is 524 g/mol. The predicted molar refractivity (Wildman–Crippen MR) is 123 cm³/mol. The Morgan fingerprint density at radius 1 is 1.26 bits per heavy atom. The van der Waals surface area contributed by atoms with Crippen molar-refractivity contribution in [3.05, 3.63) is 74.8 Å². The first-order valence-corrected chi connectivity index (χ1v) is 11.3. The summed E-state index contributed by atoms with van der Waals surface area (Å²) in [4.78, 5) is 36.3. The molecule has 1 aliphatic rings. The molecule has 2 amide bonds. The van der Waals surface area contributed by atoms with Gasteiger partial charge in [-0.2, -0.15) is 18.4 Å². The molecule has 12 heteroatoms. The third-order valence-corrected chi connectivity index (χ3v) is 6.34. The average Bonchev–Trinajstić information content (AvgIpc) is 2.82. The highest BCUT2D eigenvalue weighted by Gasteiger charge is 2.34. The van der Waals surface area contributed by atoms with Gasteiger partial charge in [0, 0.05) is 18.0 Å². The van der Waals surface area contributed by atoms with Gasteiger partial charge >= 0.3 is 12.1 Å². The molecule has 35 heavy (non-hydrogen) atoms.